The Balaban J connectivity index is 1.76. The fraction of sp³-hybridized carbons (Fsp3) is 0.385. The first-order chi connectivity index (χ1) is 8.74. The Kier molecular flexibility index (Phi) is 2.56. The van der Waals surface area contributed by atoms with Gasteiger partial charge in [0.05, 0.1) is 12.8 Å². The summed E-state index contributed by atoms with van der Waals surface area (Å²) in [7, 11) is 0. The number of aromatic nitrogens is 2. The van der Waals surface area contributed by atoms with E-state index in [1.54, 1.807) is 10.6 Å². The maximum absolute atomic E-state index is 12.1. The summed E-state index contributed by atoms with van der Waals surface area (Å²) in [4.78, 5) is 16.2. The molecule has 5 nitrogen and oxygen atoms in total. The van der Waals surface area contributed by atoms with Crippen LogP contribution in [0.4, 0.5) is 0 Å². The summed E-state index contributed by atoms with van der Waals surface area (Å²) in [6, 6.07) is 5.60. The van der Waals surface area contributed by atoms with Gasteiger partial charge in [0.2, 0.25) is 0 Å². The van der Waals surface area contributed by atoms with Gasteiger partial charge in [0, 0.05) is 18.2 Å². The molecule has 2 aromatic heterocycles. The molecule has 0 radical (unpaired) electrons. The molecule has 0 aromatic carbocycles. The van der Waals surface area contributed by atoms with E-state index < -0.39 is 0 Å². The first-order valence-electron chi connectivity index (χ1n) is 6.05. The third-order valence-electron chi connectivity index (χ3n) is 3.57. The molecular weight excluding hydrogens is 230 g/mol. The predicted molar refractivity (Wildman–Crippen MR) is 66.3 cm³/mol. The summed E-state index contributed by atoms with van der Waals surface area (Å²) in [5, 5.41) is 12.1. The molecule has 1 aliphatic carbocycles. The number of amides is 1. The molecule has 0 saturated heterocycles. The van der Waals surface area contributed by atoms with Crippen LogP contribution in [0.2, 0.25) is 0 Å². The van der Waals surface area contributed by atoms with Crippen LogP contribution in [0.1, 0.15) is 23.3 Å². The fourth-order valence-electron chi connectivity index (χ4n) is 2.03. The molecule has 1 aliphatic rings. The van der Waals surface area contributed by atoms with Crippen LogP contribution in [0, 0.1) is 5.41 Å². The molecule has 2 heterocycles. The Hall–Kier alpha value is -1.88. The van der Waals surface area contributed by atoms with Crippen LogP contribution in [-0.4, -0.2) is 33.6 Å². The summed E-state index contributed by atoms with van der Waals surface area (Å²) < 4.78 is 1.76. The lowest BCUT2D eigenvalue weighted by atomic mass is 10.1. The lowest BCUT2D eigenvalue weighted by Crippen LogP contribution is -2.32. The summed E-state index contributed by atoms with van der Waals surface area (Å²) >= 11 is 0. The number of aliphatic hydroxyl groups excluding tert-OH is 1. The van der Waals surface area contributed by atoms with Gasteiger partial charge in [-0.25, -0.2) is 4.98 Å². The quantitative estimate of drug-likeness (QED) is 0.838. The summed E-state index contributed by atoms with van der Waals surface area (Å²) in [5.41, 5.74) is 1.21. The fourth-order valence-corrected chi connectivity index (χ4v) is 2.03. The van der Waals surface area contributed by atoms with Crippen LogP contribution in [-0.2, 0) is 0 Å². The van der Waals surface area contributed by atoms with Gasteiger partial charge in [-0.2, -0.15) is 0 Å². The lowest BCUT2D eigenvalue weighted by Gasteiger charge is -2.12. The molecule has 94 valence electrons. The third-order valence-corrected chi connectivity index (χ3v) is 3.57. The lowest BCUT2D eigenvalue weighted by molar-refractivity contribution is 0.0929. The Morgan fingerprint density at radius 2 is 2.33 bits per heavy atom. The second-order valence-corrected chi connectivity index (χ2v) is 4.91. The van der Waals surface area contributed by atoms with Crippen molar-refractivity contribution in [2.75, 3.05) is 13.2 Å². The molecule has 1 fully saturated rings. The number of pyridine rings is 1. The third kappa shape index (κ3) is 1.86. The van der Waals surface area contributed by atoms with Crippen molar-refractivity contribution in [2.45, 2.75) is 12.8 Å². The van der Waals surface area contributed by atoms with Gasteiger partial charge in [-0.05, 0) is 25.0 Å². The van der Waals surface area contributed by atoms with E-state index in [0.717, 1.165) is 18.5 Å². The SMILES string of the molecule is O=C(NCC1(CO)CC1)c1cnc2ccccn12. The zero-order chi connectivity index (χ0) is 12.6. The molecule has 2 N–H and O–H groups in total. The molecule has 1 amide bonds. The van der Waals surface area contributed by atoms with E-state index >= 15 is 0 Å². The van der Waals surface area contributed by atoms with Crippen LogP contribution in [0.5, 0.6) is 0 Å². The second kappa shape index (κ2) is 4.10. The number of imidazole rings is 1. The molecule has 2 aromatic rings. The Labute approximate surface area is 104 Å². The van der Waals surface area contributed by atoms with Gasteiger partial charge in [0.1, 0.15) is 11.3 Å². The van der Waals surface area contributed by atoms with Gasteiger partial charge >= 0.3 is 0 Å². The van der Waals surface area contributed by atoms with Gasteiger partial charge < -0.3 is 10.4 Å². The average molecular weight is 245 g/mol. The number of aliphatic hydroxyl groups is 1. The summed E-state index contributed by atoms with van der Waals surface area (Å²) in [6.07, 6.45) is 5.35. The average Bonchev–Trinajstić information content (AvgIpc) is 3.07. The molecule has 5 heteroatoms. The highest BCUT2D eigenvalue weighted by molar-refractivity contribution is 5.93. The molecule has 18 heavy (non-hydrogen) atoms. The first-order valence-corrected chi connectivity index (χ1v) is 6.05. The zero-order valence-corrected chi connectivity index (χ0v) is 9.97. The molecule has 0 spiro atoms. The standard InChI is InChI=1S/C13H15N3O2/c17-9-13(4-5-13)8-15-12(18)10-7-14-11-3-1-2-6-16(10)11/h1-3,6-7,17H,4-5,8-9H2,(H,15,18). The number of nitrogens with one attached hydrogen (secondary N) is 1. The van der Waals surface area contributed by atoms with E-state index in [-0.39, 0.29) is 17.9 Å². The molecule has 0 aliphatic heterocycles. The zero-order valence-electron chi connectivity index (χ0n) is 9.97. The minimum Gasteiger partial charge on any atom is -0.396 e. The number of carbonyl (C=O) groups excluding carboxylic acids is 1. The smallest absolute Gasteiger partial charge is 0.269 e. The topological polar surface area (TPSA) is 66.6 Å². The molecule has 3 rings (SSSR count). The van der Waals surface area contributed by atoms with Crippen LogP contribution in [0.3, 0.4) is 0 Å². The monoisotopic (exact) mass is 245 g/mol. The Morgan fingerprint density at radius 3 is 3.06 bits per heavy atom. The van der Waals surface area contributed by atoms with Gasteiger partial charge in [-0.1, -0.05) is 6.07 Å². The van der Waals surface area contributed by atoms with Crippen molar-refractivity contribution in [2.24, 2.45) is 5.41 Å². The Morgan fingerprint density at radius 1 is 1.50 bits per heavy atom. The van der Waals surface area contributed by atoms with Gasteiger partial charge in [0.25, 0.3) is 5.91 Å². The number of fused-ring (bicyclic) bond motifs is 1. The minimum atomic E-state index is -0.145. The number of hydrogen-bond acceptors (Lipinski definition) is 3. The molecule has 0 unspecified atom stereocenters. The van der Waals surface area contributed by atoms with E-state index in [2.05, 4.69) is 10.3 Å². The molecular formula is C13H15N3O2. The maximum atomic E-state index is 12.1. The molecule has 0 bridgehead atoms. The van der Waals surface area contributed by atoms with Gasteiger partial charge in [0.15, 0.2) is 0 Å². The largest absolute Gasteiger partial charge is 0.396 e. The van der Waals surface area contributed by atoms with Crippen LogP contribution < -0.4 is 5.32 Å². The van der Waals surface area contributed by atoms with E-state index in [1.165, 1.54) is 0 Å². The summed E-state index contributed by atoms with van der Waals surface area (Å²) in [5.74, 6) is -0.145. The van der Waals surface area contributed by atoms with Crippen LogP contribution in [0.15, 0.2) is 30.6 Å². The van der Waals surface area contributed by atoms with Crippen molar-refractivity contribution in [3.05, 3.63) is 36.3 Å². The normalized spacial score (nSPS) is 16.7. The van der Waals surface area contributed by atoms with E-state index in [4.69, 9.17) is 0 Å². The van der Waals surface area contributed by atoms with Crippen LogP contribution >= 0.6 is 0 Å². The van der Waals surface area contributed by atoms with Gasteiger partial charge in [-0.3, -0.25) is 9.20 Å². The second-order valence-electron chi connectivity index (χ2n) is 4.91. The van der Waals surface area contributed by atoms with E-state index in [9.17, 15) is 9.90 Å². The number of rotatable bonds is 4. The first kappa shape index (κ1) is 11.2. The highest BCUT2D eigenvalue weighted by Gasteiger charge is 2.42. The van der Waals surface area contributed by atoms with Crippen molar-refractivity contribution in [3.63, 3.8) is 0 Å². The van der Waals surface area contributed by atoms with Crippen LogP contribution in [0.25, 0.3) is 5.65 Å². The van der Waals surface area contributed by atoms with Crippen molar-refractivity contribution in [1.29, 1.82) is 0 Å². The molecule has 1 saturated carbocycles. The van der Waals surface area contributed by atoms with E-state index in [1.807, 2.05) is 24.4 Å². The Bertz CT molecular complexity index is 587. The van der Waals surface area contributed by atoms with E-state index in [0.29, 0.717) is 12.2 Å². The number of nitrogens with zero attached hydrogens (tertiary/aromatic N) is 2. The predicted octanol–water partition coefficient (Wildman–Crippen LogP) is 0.837. The van der Waals surface area contributed by atoms with Gasteiger partial charge in [-0.15, -0.1) is 0 Å². The van der Waals surface area contributed by atoms with Crippen molar-refractivity contribution >= 4 is 11.6 Å². The van der Waals surface area contributed by atoms with Crippen molar-refractivity contribution in [3.8, 4) is 0 Å². The van der Waals surface area contributed by atoms with Crippen molar-refractivity contribution < 1.29 is 9.90 Å². The van der Waals surface area contributed by atoms with Crippen molar-refractivity contribution in [1.82, 2.24) is 14.7 Å². The summed E-state index contributed by atoms with van der Waals surface area (Å²) in [6.45, 7) is 0.669. The minimum absolute atomic E-state index is 0.0733. The highest BCUT2D eigenvalue weighted by Crippen LogP contribution is 2.44. The highest BCUT2D eigenvalue weighted by atomic mass is 16.3. The maximum Gasteiger partial charge on any atom is 0.269 e. The molecule has 0 atom stereocenters. The number of carbonyl (C=O) groups is 1. The number of hydrogen-bond donors (Lipinski definition) is 2.